The second kappa shape index (κ2) is 11.7. The summed E-state index contributed by atoms with van der Waals surface area (Å²) in [7, 11) is 0. The first-order chi connectivity index (χ1) is 12.1. The molecule has 8 heteroatoms. The third-order valence-electron chi connectivity index (χ3n) is 3.59. The highest BCUT2D eigenvalue weighted by Crippen LogP contribution is 2.21. The van der Waals surface area contributed by atoms with Gasteiger partial charge in [-0.1, -0.05) is 30.3 Å². The summed E-state index contributed by atoms with van der Waals surface area (Å²) in [5.74, 6) is 0.387. The molecule has 0 radical (unpaired) electrons. The van der Waals surface area contributed by atoms with Gasteiger partial charge in [-0.25, -0.2) is 0 Å². The van der Waals surface area contributed by atoms with Crippen LogP contribution in [0, 0.1) is 0 Å². The number of ether oxygens (including phenoxy) is 1. The lowest BCUT2D eigenvalue weighted by atomic mass is 10.2. The number of rotatable bonds is 9. The van der Waals surface area contributed by atoms with Crippen LogP contribution in [0.25, 0.3) is 0 Å². The number of carbonyl (C=O) groups is 1. The van der Waals surface area contributed by atoms with Gasteiger partial charge in [-0.15, -0.1) is 12.4 Å². The molecule has 0 saturated heterocycles. The number of pyridine rings is 1. The Labute approximate surface area is 167 Å². The van der Waals surface area contributed by atoms with Gasteiger partial charge in [0.15, 0.2) is 0 Å². The minimum atomic E-state index is -0.222. The van der Waals surface area contributed by atoms with Gasteiger partial charge in [-0.05, 0) is 40.5 Å². The van der Waals surface area contributed by atoms with Gasteiger partial charge < -0.3 is 20.4 Å². The Morgan fingerprint density at radius 2 is 1.96 bits per heavy atom. The van der Waals surface area contributed by atoms with Crippen LogP contribution in [-0.2, 0) is 17.9 Å². The molecule has 3 N–H and O–H groups in total. The van der Waals surface area contributed by atoms with Crippen LogP contribution in [0.2, 0.25) is 0 Å². The summed E-state index contributed by atoms with van der Waals surface area (Å²) in [5, 5.41) is 2.77. The van der Waals surface area contributed by atoms with Gasteiger partial charge in [0.25, 0.3) is 5.56 Å². The Balaban J connectivity index is 0.00000338. The molecular formula is C18H23BrClN3O3. The van der Waals surface area contributed by atoms with E-state index in [-0.39, 0.29) is 30.3 Å². The van der Waals surface area contributed by atoms with Crippen LogP contribution in [-0.4, -0.2) is 23.6 Å². The molecule has 0 fully saturated rings. The van der Waals surface area contributed by atoms with Crippen molar-refractivity contribution in [1.29, 1.82) is 0 Å². The Kier molecular flexibility index (Phi) is 10.0. The highest BCUT2D eigenvalue weighted by molar-refractivity contribution is 9.10. The molecule has 0 aliphatic carbocycles. The van der Waals surface area contributed by atoms with E-state index >= 15 is 0 Å². The maximum atomic E-state index is 12.4. The van der Waals surface area contributed by atoms with E-state index in [9.17, 15) is 9.59 Å². The van der Waals surface area contributed by atoms with Crippen LogP contribution in [0.15, 0.2) is 51.9 Å². The second-order valence-corrected chi connectivity index (χ2v) is 6.30. The van der Waals surface area contributed by atoms with Crippen molar-refractivity contribution >= 4 is 34.2 Å². The van der Waals surface area contributed by atoms with Gasteiger partial charge in [-0.2, -0.15) is 0 Å². The van der Waals surface area contributed by atoms with Crippen molar-refractivity contribution < 1.29 is 9.53 Å². The van der Waals surface area contributed by atoms with Crippen LogP contribution in [0.3, 0.4) is 0 Å². The molecule has 2 aromatic rings. The van der Waals surface area contributed by atoms with Gasteiger partial charge in [0.05, 0.1) is 0 Å². The number of halogens is 2. The minimum Gasteiger partial charge on any atom is -0.487 e. The molecule has 1 amide bonds. The number of nitrogens with one attached hydrogen (secondary N) is 1. The first kappa shape index (κ1) is 22.2. The summed E-state index contributed by atoms with van der Waals surface area (Å²) in [4.78, 5) is 24.1. The van der Waals surface area contributed by atoms with Crippen molar-refractivity contribution in [3.05, 3.63) is 63.0 Å². The van der Waals surface area contributed by atoms with Crippen LogP contribution in [0.4, 0.5) is 0 Å². The molecule has 142 valence electrons. The fraction of sp³-hybridized carbons (Fsp3) is 0.333. The van der Waals surface area contributed by atoms with Crippen molar-refractivity contribution in [2.45, 2.75) is 26.0 Å². The number of aryl methyl sites for hydroxylation is 1. The van der Waals surface area contributed by atoms with Crippen molar-refractivity contribution in [2.75, 3.05) is 13.1 Å². The van der Waals surface area contributed by atoms with E-state index in [1.807, 2.05) is 30.3 Å². The fourth-order valence-electron chi connectivity index (χ4n) is 2.19. The molecule has 2 rings (SSSR count). The van der Waals surface area contributed by atoms with E-state index in [2.05, 4.69) is 21.2 Å². The number of nitrogens with two attached hydrogens (primary N) is 1. The lowest BCUT2D eigenvalue weighted by Crippen LogP contribution is -2.29. The predicted octanol–water partition coefficient (Wildman–Crippen LogP) is 2.47. The Hall–Kier alpha value is -1.83. The minimum absolute atomic E-state index is 0. The molecule has 0 unspecified atom stereocenters. The smallest absolute Gasteiger partial charge is 0.268 e. The van der Waals surface area contributed by atoms with Crippen LogP contribution in [0.5, 0.6) is 5.75 Å². The fourth-order valence-corrected chi connectivity index (χ4v) is 2.67. The zero-order valence-corrected chi connectivity index (χ0v) is 16.7. The molecule has 1 aromatic heterocycles. The molecule has 0 spiro atoms. The molecule has 0 atom stereocenters. The average Bonchev–Trinajstić information content (AvgIpc) is 2.63. The van der Waals surface area contributed by atoms with Gasteiger partial charge >= 0.3 is 0 Å². The molecule has 0 bridgehead atoms. The number of nitrogens with zero attached hydrogens (tertiary/aromatic N) is 1. The van der Waals surface area contributed by atoms with Gasteiger partial charge in [-0.3, -0.25) is 9.59 Å². The Morgan fingerprint density at radius 1 is 1.23 bits per heavy atom. The van der Waals surface area contributed by atoms with Gasteiger partial charge in [0, 0.05) is 25.7 Å². The van der Waals surface area contributed by atoms with E-state index < -0.39 is 0 Å². The highest BCUT2D eigenvalue weighted by Gasteiger charge is 2.10. The van der Waals surface area contributed by atoms with Crippen LogP contribution < -0.4 is 21.3 Å². The molecule has 26 heavy (non-hydrogen) atoms. The number of benzene rings is 1. The van der Waals surface area contributed by atoms with Gasteiger partial charge in [0.2, 0.25) is 5.91 Å². The maximum Gasteiger partial charge on any atom is 0.268 e. The number of amides is 1. The van der Waals surface area contributed by atoms with E-state index in [1.54, 1.807) is 12.3 Å². The second-order valence-electron chi connectivity index (χ2n) is 5.51. The molecule has 1 aromatic carbocycles. The van der Waals surface area contributed by atoms with Crippen molar-refractivity contribution in [3.8, 4) is 5.75 Å². The molecule has 6 nitrogen and oxygen atoms in total. The Morgan fingerprint density at radius 3 is 2.65 bits per heavy atom. The summed E-state index contributed by atoms with van der Waals surface area (Å²) in [5.41, 5.74) is 6.18. The first-order valence-corrected chi connectivity index (χ1v) is 8.93. The summed E-state index contributed by atoms with van der Waals surface area (Å²) in [6.07, 6.45) is 2.62. The third kappa shape index (κ3) is 6.82. The summed E-state index contributed by atoms with van der Waals surface area (Å²) >= 11 is 3.29. The van der Waals surface area contributed by atoms with Crippen molar-refractivity contribution in [3.63, 3.8) is 0 Å². The topological polar surface area (TPSA) is 86.3 Å². The zero-order valence-electron chi connectivity index (χ0n) is 14.3. The van der Waals surface area contributed by atoms with E-state index in [0.717, 1.165) is 12.0 Å². The normalized spacial score (nSPS) is 10.1. The summed E-state index contributed by atoms with van der Waals surface area (Å²) in [6.45, 7) is 1.79. The molecule has 0 saturated carbocycles. The molecule has 1 heterocycles. The van der Waals surface area contributed by atoms with Crippen LogP contribution >= 0.6 is 28.3 Å². The lowest BCUT2D eigenvalue weighted by Gasteiger charge is -2.11. The third-order valence-corrected chi connectivity index (χ3v) is 4.32. The Bertz CT molecular complexity index is 753. The predicted molar refractivity (Wildman–Crippen MR) is 108 cm³/mol. The largest absolute Gasteiger partial charge is 0.487 e. The zero-order chi connectivity index (χ0) is 18.1. The van der Waals surface area contributed by atoms with E-state index in [0.29, 0.717) is 36.5 Å². The number of hydrogen-bond donors (Lipinski definition) is 2. The first-order valence-electron chi connectivity index (χ1n) is 8.14. The SMILES string of the molecule is Cl.NCCCNC(=O)CCn1ccc(OCc2ccccc2)c(Br)c1=O. The number of carbonyl (C=O) groups excluding carboxylic acids is 1. The van der Waals surface area contributed by atoms with Crippen LogP contribution in [0.1, 0.15) is 18.4 Å². The van der Waals surface area contributed by atoms with E-state index in [1.165, 1.54) is 4.57 Å². The lowest BCUT2D eigenvalue weighted by molar-refractivity contribution is -0.121. The monoisotopic (exact) mass is 443 g/mol. The van der Waals surface area contributed by atoms with E-state index in [4.69, 9.17) is 10.5 Å². The van der Waals surface area contributed by atoms with Crippen molar-refractivity contribution in [1.82, 2.24) is 9.88 Å². The summed E-state index contributed by atoms with van der Waals surface area (Å²) in [6, 6.07) is 11.4. The highest BCUT2D eigenvalue weighted by atomic mass is 79.9. The summed E-state index contributed by atoms with van der Waals surface area (Å²) < 4.78 is 7.54. The quantitative estimate of drug-likeness (QED) is 0.582. The number of aromatic nitrogens is 1. The van der Waals surface area contributed by atoms with Crippen molar-refractivity contribution in [2.24, 2.45) is 5.73 Å². The average molecular weight is 445 g/mol. The standard InChI is InChI=1S/C18H22BrN3O3.ClH/c19-17-15(25-13-14-5-2-1-3-6-14)7-11-22(18(17)24)12-8-16(23)21-10-4-9-20;/h1-3,5-7,11H,4,8-10,12-13,20H2,(H,21,23);1H. The number of hydrogen-bond acceptors (Lipinski definition) is 4. The maximum absolute atomic E-state index is 12.4. The molecule has 0 aliphatic rings. The molecular weight excluding hydrogens is 422 g/mol. The molecule has 0 aliphatic heterocycles. The van der Waals surface area contributed by atoms with Gasteiger partial charge in [0.1, 0.15) is 16.8 Å².